The second kappa shape index (κ2) is 6.53. The van der Waals surface area contributed by atoms with Gasteiger partial charge in [-0.25, -0.2) is 4.79 Å². The van der Waals surface area contributed by atoms with Gasteiger partial charge in [-0.05, 0) is 24.6 Å². The summed E-state index contributed by atoms with van der Waals surface area (Å²) in [6.07, 6.45) is 2.02. The molecule has 0 aliphatic heterocycles. The van der Waals surface area contributed by atoms with Crippen molar-refractivity contribution in [2.45, 2.75) is 19.8 Å². The number of methoxy groups -OCH3 is 1. The molecule has 0 radical (unpaired) electrons. The molecule has 4 heteroatoms. The van der Waals surface area contributed by atoms with E-state index in [4.69, 9.17) is 4.74 Å². The molecular formula is C12H15BrO3. The van der Waals surface area contributed by atoms with Gasteiger partial charge in [0.15, 0.2) is 0 Å². The number of benzene rings is 1. The van der Waals surface area contributed by atoms with Crippen LogP contribution in [0.2, 0.25) is 0 Å². The van der Waals surface area contributed by atoms with Gasteiger partial charge in [0.2, 0.25) is 0 Å². The van der Waals surface area contributed by atoms with Crippen LogP contribution >= 0.6 is 15.9 Å². The molecule has 1 rings (SSSR count). The molecular weight excluding hydrogens is 272 g/mol. The van der Waals surface area contributed by atoms with Crippen LogP contribution < -0.4 is 4.74 Å². The summed E-state index contributed by atoms with van der Waals surface area (Å²) in [5.74, 6) is 0.189. The molecule has 1 aromatic rings. The average Bonchev–Trinajstić information content (AvgIpc) is 2.29. The zero-order valence-corrected chi connectivity index (χ0v) is 11.0. The van der Waals surface area contributed by atoms with E-state index >= 15 is 0 Å². The molecule has 0 fully saturated rings. The van der Waals surface area contributed by atoms with E-state index in [1.54, 1.807) is 18.2 Å². The Morgan fingerprint density at radius 3 is 2.81 bits per heavy atom. The Morgan fingerprint density at radius 2 is 2.19 bits per heavy atom. The van der Waals surface area contributed by atoms with Gasteiger partial charge < -0.3 is 9.47 Å². The van der Waals surface area contributed by atoms with Crippen molar-refractivity contribution in [3.63, 3.8) is 0 Å². The van der Waals surface area contributed by atoms with Crippen molar-refractivity contribution in [2.75, 3.05) is 13.7 Å². The van der Waals surface area contributed by atoms with Crippen LogP contribution in [0.4, 0.5) is 0 Å². The Balaban J connectivity index is 2.85. The van der Waals surface area contributed by atoms with Crippen molar-refractivity contribution in [1.82, 2.24) is 0 Å². The monoisotopic (exact) mass is 286 g/mol. The Bertz CT molecular complexity index is 363. The molecule has 16 heavy (non-hydrogen) atoms. The van der Waals surface area contributed by atoms with E-state index in [0.717, 1.165) is 17.3 Å². The molecule has 0 heterocycles. The average molecular weight is 287 g/mol. The molecule has 0 saturated carbocycles. The summed E-state index contributed by atoms with van der Waals surface area (Å²) in [6, 6.07) is 5.26. The fourth-order valence-electron chi connectivity index (χ4n) is 1.22. The number of unbranched alkanes of at least 4 members (excludes halogenated alkanes) is 1. The van der Waals surface area contributed by atoms with Crippen molar-refractivity contribution in [2.24, 2.45) is 0 Å². The molecule has 0 spiro atoms. The maximum atomic E-state index is 11.5. The zero-order valence-electron chi connectivity index (χ0n) is 9.46. The molecule has 0 bridgehead atoms. The lowest BCUT2D eigenvalue weighted by Crippen LogP contribution is -2.06. The fraction of sp³-hybridized carbons (Fsp3) is 0.417. The molecule has 0 aliphatic rings. The SMILES string of the molecule is CCCCOc1cc(Br)ccc1C(=O)OC. The summed E-state index contributed by atoms with van der Waals surface area (Å²) in [4.78, 5) is 11.5. The summed E-state index contributed by atoms with van der Waals surface area (Å²) in [7, 11) is 1.36. The number of carbonyl (C=O) groups excluding carboxylic acids is 1. The highest BCUT2D eigenvalue weighted by Gasteiger charge is 2.13. The first-order chi connectivity index (χ1) is 7.69. The minimum Gasteiger partial charge on any atom is -0.493 e. The summed E-state index contributed by atoms with van der Waals surface area (Å²) in [6.45, 7) is 2.70. The Kier molecular flexibility index (Phi) is 5.32. The summed E-state index contributed by atoms with van der Waals surface area (Å²) in [5, 5.41) is 0. The summed E-state index contributed by atoms with van der Waals surface area (Å²) >= 11 is 3.34. The number of halogens is 1. The molecule has 1 aromatic carbocycles. The Labute approximate surface area is 104 Å². The van der Waals surface area contributed by atoms with Gasteiger partial charge in [-0.3, -0.25) is 0 Å². The normalized spacial score (nSPS) is 9.94. The topological polar surface area (TPSA) is 35.5 Å². The van der Waals surface area contributed by atoms with E-state index in [9.17, 15) is 4.79 Å². The van der Waals surface area contributed by atoms with Crippen molar-refractivity contribution in [3.8, 4) is 5.75 Å². The van der Waals surface area contributed by atoms with E-state index in [0.29, 0.717) is 17.9 Å². The maximum Gasteiger partial charge on any atom is 0.341 e. The maximum absolute atomic E-state index is 11.5. The van der Waals surface area contributed by atoms with Crippen molar-refractivity contribution < 1.29 is 14.3 Å². The van der Waals surface area contributed by atoms with E-state index in [1.807, 2.05) is 0 Å². The van der Waals surface area contributed by atoms with Crippen molar-refractivity contribution >= 4 is 21.9 Å². The third-order valence-corrected chi connectivity index (χ3v) is 2.60. The molecule has 0 N–H and O–H groups in total. The Hall–Kier alpha value is -1.03. The van der Waals surface area contributed by atoms with Crippen LogP contribution in [0.25, 0.3) is 0 Å². The van der Waals surface area contributed by atoms with Crippen molar-refractivity contribution in [3.05, 3.63) is 28.2 Å². The van der Waals surface area contributed by atoms with Crippen LogP contribution in [0.3, 0.4) is 0 Å². The van der Waals surface area contributed by atoms with Crippen LogP contribution in [0.1, 0.15) is 30.1 Å². The molecule has 3 nitrogen and oxygen atoms in total. The lowest BCUT2D eigenvalue weighted by atomic mass is 10.2. The molecule has 0 atom stereocenters. The third-order valence-electron chi connectivity index (χ3n) is 2.10. The van der Waals surface area contributed by atoms with Gasteiger partial charge in [0.1, 0.15) is 11.3 Å². The van der Waals surface area contributed by atoms with Gasteiger partial charge in [0, 0.05) is 4.47 Å². The standard InChI is InChI=1S/C12H15BrO3/c1-3-4-7-16-11-8-9(13)5-6-10(11)12(14)15-2/h5-6,8H,3-4,7H2,1-2H3. The molecule has 0 amide bonds. The van der Waals surface area contributed by atoms with Crippen molar-refractivity contribution in [1.29, 1.82) is 0 Å². The predicted molar refractivity (Wildman–Crippen MR) is 65.9 cm³/mol. The minimum absolute atomic E-state index is 0.376. The zero-order chi connectivity index (χ0) is 12.0. The third kappa shape index (κ3) is 3.52. The first-order valence-electron chi connectivity index (χ1n) is 5.19. The molecule has 0 unspecified atom stereocenters. The molecule has 0 aromatic heterocycles. The quantitative estimate of drug-likeness (QED) is 0.615. The lowest BCUT2D eigenvalue weighted by molar-refractivity contribution is 0.0596. The summed E-state index contributed by atoms with van der Waals surface area (Å²) in [5.41, 5.74) is 0.460. The number of carbonyl (C=O) groups is 1. The van der Waals surface area contributed by atoms with E-state index < -0.39 is 0 Å². The predicted octanol–water partition coefficient (Wildman–Crippen LogP) is 3.41. The van der Waals surface area contributed by atoms with Gasteiger partial charge in [-0.1, -0.05) is 29.3 Å². The lowest BCUT2D eigenvalue weighted by Gasteiger charge is -2.10. The van der Waals surface area contributed by atoms with Gasteiger partial charge in [-0.2, -0.15) is 0 Å². The number of esters is 1. The number of ether oxygens (including phenoxy) is 2. The van der Waals surface area contributed by atoms with E-state index in [2.05, 4.69) is 27.6 Å². The van der Waals surface area contributed by atoms with Crippen LogP contribution in [0.15, 0.2) is 22.7 Å². The van der Waals surface area contributed by atoms with Crippen LogP contribution in [-0.2, 0) is 4.74 Å². The van der Waals surface area contributed by atoms with Gasteiger partial charge in [0.25, 0.3) is 0 Å². The van der Waals surface area contributed by atoms with Gasteiger partial charge in [-0.15, -0.1) is 0 Å². The minimum atomic E-state index is -0.376. The highest BCUT2D eigenvalue weighted by molar-refractivity contribution is 9.10. The highest BCUT2D eigenvalue weighted by Crippen LogP contribution is 2.24. The molecule has 88 valence electrons. The number of hydrogen-bond acceptors (Lipinski definition) is 3. The van der Waals surface area contributed by atoms with E-state index in [-0.39, 0.29) is 5.97 Å². The second-order valence-electron chi connectivity index (χ2n) is 3.33. The summed E-state index contributed by atoms with van der Waals surface area (Å²) < 4.78 is 11.1. The van der Waals surface area contributed by atoms with Crippen LogP contribution in [-0.4, -0.2) is 19.7 Å². The van der Waals surface area contributed by atoms with E-state index in [1.165, 1.54) is 7.11 Å². The van der Waals surface area contributed by atoms with Gasteiger partial charge >= 0.3 is 5.97 Å². The van der Waals surface area contributed by atoms with Crippen LogP contribution in [0, 0.1) is 0 Å². The first-order valence-corrected chi connectivity index (χ1v) is 5.99. The molecule has 0 saturated heterocycles. The fourth-order valence-corrected chi connectivity index (χ4v) is 1.56. The number of rotatable bonds is 5. The second-order valence-corrected chi connectivity index (χ2v) is 4.25. The highest BCUT2D eigenvalue weighted by atomic mass is 79.9. The van der Waals surface area contributed by atoms with Crippen LogP contribution in [0.5, 0.6) is 5.75 Å². The smallest absolute Gasteiger partial charge is 0.341 e. The first kappa shape index (κ1) is 13.0. The Morgan fingerprint density at radius 1 is 1.44 bits per heavy atom. The largest absolute Gasteiger partial charge is 0.493 e. The number of hydrogen-bond donors (Lipinski definition) is 0. The van der Waals surface area contributed by atoms with Gasteiger partial charge in [0.05, 0.1) is 13.7 Å². The molecule has 0 aliphatic carbocycles.